The Kier molecular flexibility index (Phi) is 3.05. The van der Waals surface area contributed by atoms with Gasteiger partial charge in [0, 0.05) is 32.1 Å². The molecule has 2 fully saturated rings. The van der Waals surface area contributed by atoms with Gasteiger partial charge >= 0.3 is 0 Å². The van der Waals surface area contributed by atoms with Gasteiger partial charge in [0.1, 0.15) is 0 Å². The predicted octanol–water partition coefficient (Wildman–Crippen LogP) is 2.15. The van der Waals surface area contributed by atoms with Crippen molar-refractivity contribution >= 4 is 22.9 Å². The summed E-state index contributed by atoms with van der Waals surface area (Å²) in [5.41, 5.74) is 2.11. The van der Waals surface area contributed by atoms with Gasteiger partial charge in [-0.1, -0.05) is 12.1 Å². The molecule has 2 aliphatic rings. The van der Waals surface area contributed by atoms with E-state index in [1.807, 2.05) is 18.2 Å². The summed E-state index contributed by atoms with van der Waals surface area (Å²) in [5.74, 6) is 1.31. The molecule has 0 bridgehead atoms. The SMILES string of the molecule is O=C1CCCN1C1CCN(c2nc3ccccc3[nH]2)CC1. The second-order valence-corrected chi connectivity index (χ2v) is 5.99. The fourth-order valence-corrected chi connectivity index (χ4v) is 3.53. The van der Waals surface area contributed by atoms with Crippen molar-refractivity contribution in [3.05, 3.63) is 24.3 Å². The van der Waals surface area contributed by atoms with Crippen LogP contribution in [0.4, 0.5) is 5.95 Å². The monoisotopic (exact) mass is 284 g/mol. The molecule has 2 aliphatic heterocycles. The molecule has 5 nitrogen and oxygen atoms in total. The smallest absolute Gasteiger partial charge is 0.222 e. The van der Waals surface area contributed by atoms with Gasteiger partial charge in [-0.25, -0.2) is 4.98 Å². The Labute approximate surface area is 123 Å². The first kappa shape index (κ1) is 12.7. The van der Waals surface area contributed by atoms with E-state index in [9.17, 15) is 4.79 Å². The number of likely N-dealkylation sites (tertiary alicyclic amines) is 1. The topological polar surface area (TPSA) is 52.2 Å². The molecule has 2 aromatic rings. The van der Waals surface area contributed by atoms with Crippen molar-refractivity contribution in [2.75, 3.05) is 24.5 Å². The van der Waals surface area contributed by atoms with Crippen LogP contribution in [0, 0.1) is 0 Å². The fraction of sp³-hybridized carbons (Fsp3) is 0.500. The minimum absolute atomic E-state index is 0.345. The first-order chi connectivity index (χ1) is 10.3. The number of hydrogen-bond acceptors (Lipinski definition) is 3. The molecule has 0 aliphatic carbocycles. The normalized spacial score (nSPS) is 20.7. The lowest BCUT2D eigenvalue weighted by molar-refractivity contribution is -0.130. The molecule has 21 heavy (non-hydrogen) atoms. The Morgan fingerprint density at radius 1 is 1.14 bits per heavy atom. The number of aromatic nitrogens is 2. The van der Waals surface area contributed by atoms with Crippen molar-refractivity contribution in [1.82, 2.24) is 14.9 Å². The van der Waals surface area contributed by atoms with Gasteiger partial charge in [0.25, 0.3) is 0 Å². The maximum atomic E-state index is 11.8. The number of fused-ring (bicyclic) bond motifs is 1. The van der Waals surface area contributed by atoms with Gasteiger partial charge < -0.3 is 14.8 Å². The molecule has 5 heteroatoms. The van der Waals surface area contributed by atoms with Crippen LogP contribution in [0.5, 0.6) is 0 Å². The van der Waals surface area contributed by atoms with Crippen molar-refractivity contribution in [1.29, 1.82) is 0 Å². The third-order valence-corrected chi connectivity index (χ3v) is 4.69. The third kappa shape index (κ3) is 2.26. The highest BCUT2D eigenvalue weighted by Crippen LogP contribution is 2.25. The lowest BCUT2D eigenvalue weighted by Gasteiger charge is -2.36. The number of imidazole rings is 1. The zero-order valence-corrected chi connectivity index (χ0v) is 12.1. The Balaban J connectivity index is 1.46. The van der Waals surface area contributed by atoms with Crippen molar-refractivity contribution in [3.63, 3.8) is 0 Å². The zero-order chi connectivity index (χ0) is 14.2. The predicted molar refractivity (Wildman–Crippen MR) is 82.3 cm³/mol. The van der Waals surface area contributed by atoms with E-state index in [4.69, 9.17) is 0 Å². The Bertz CT molecular complexity index is 624. The molecule has 1 aromatic heterocycles. The molecule has 0 atom stereocenters. The largest absolute Gasteiger partial charge is 0.342 e. The maximum absolute atomic E-state index is 11.8. The van der Waals surface area contributed by atoms with Gasteiger partial charge in [-0.3, -0.25) is 4.79 Å². The van der Waals surface area contributed by atoms with Crippen LogP contribution in [-0.2, 0) is 4.79 Å². The van der Waals surface area contributed by atoms with E-state index in [1.54, 1.807) is 0 Å². The molecule has 1 N–H and O–H groups in total. The van der Waals surface area contributed by atoms with E-state index in [-0.39, 0.29) is 0 Å². The molecule has 3 heterocycles. The lowest BCUT2D eigenvalue weighted by Crippen LogP contribution is -2.45. The summed E-state index contributed by atoms with van der Waals surface area (Å²) in [4.78, 5) is 24.3. The van der Waals surface area contributed by atoms with Crippen LogP contribution in [0.25, 0.3) is 11.0 Å². The van der Waals surface area contributed by atoms with E-state index < -0.39 is 0 Å². The van der Waals surface area contributed by atoms with Gasteiger partial charge in [0.2, 0.25) is 11.9 Å². The molecule has 0 saturated carbocycles. The zero-order valence-electron chi connectivity index (χ0n) is 12.1. The summed E-state index contributed by atoms with van der Waals surface area (Å²) < 4.78 is 0. The van der Waals surface area contributed by atoms with Gasteiger partial charge in [-0.05, 0) is 31.4 Å². The second-order valence-electron chi connectivity index (χ2n) is 5.99. The average Bonchev–Trinajstić information content (AvgIpc) is 3.13. The van der Waals surface area contributed by atoms with Crippen molar-refractivity contribution in [2.45, 2.75) is 31.7 Å². The number of piperidine rings is 1. The quantitative estimate of drug-likeness (QED) is 0.919. The van der Waals surface area contributed by atoms with Gasteiger partial charge in [0.05, 0.1) is 11.0 Å². The minimum atomic E-state index is 0.345. The summed E-state index contributed by atoms with van der Waals surface area (Å²) >= 11 is 0. The summed E-state index contributed by atoms with van der Waals surface area (Å²) in [6.45, 7) is 2.89. The summed E-state index contributed by atoms with van der Waals surface area (Å²) in [6, 6.07) is 8.56. The van der Waals surface area contributed by atoms with Crippen molar-refractivity contribution < 1.29 is 4.79 Å². The number of para-hydroxylation sites is 2. The number of aromatic amines is 1. The van der Waals surface area contributed by atoms with Crippen LogP contribution in [0.3, 0.4) is 0 Å². The Morgan fingerprint density at radius 2 is 1.95 bits per heavy atom. The first-order valence-corrected chi connectivity index (χ1v) is 7.80. The molecule has 1 aromatic carbocycles. The van der Waals surface area contributed by atoms with Gasteiger partial charge in [-0.15, -0.1) is 0 Å². The van der Waals surface area contributed by atoms with E-state index in [2.05, 4.69) is 25.8 Å². The van der Waals surface area contributed by atoms with Gasteiger partial charge in [0.15, 0.2) is 0 Å². The van der Waals surface area contributed by atoms with Gasteiger partial charge in [-0.2, -0.15) is 0 Å². The van der Waals surface area contributed by atoms with Crippen molar-refractivity contribution in [3.8, 4) is 0 Å². The number of nitrogens with one attached hydrogen (secondary N) is 1. The van der Waals surface area contributed by atoms with E-state index >= 15 is 0 Å². The molecule has 1 amide bonds. The molecular formula is C16H20N4O. The average molecular weight is 284 g/mol. The first-order valence-electron chi connectivity index (χ1n) is 7.80. The lowest BCUT2D eigenvalue weighted by atomic mass is 10.0. The number of carbonyl (C=O) groups excluding carboxylic acids is 1. The second kappa shape index (κ2) is 5.06. The summed E-state index contributed by atoms with van der Waals surface area (Å²) in [5, 5.41) is 0. The van der Waals surface area contributed by atoms with E-state index in [0.29, 0.717) is 11.9 Å². The van der Waals surface area contributed by atoms with Crippen LogP contribution < -0.4 is 4.90 Å². The summed E-state index contributed by atoms with van der Waals surface area (Å²) in [7, 11) is 0. The molecule has 4 rings (SSSR count). The number of carbonyl (C=O) groups is 1. The fourth-order valence-electron chi connectivity index (χ4n) is 3.53. The van der Waals surface area contributed by atoms with Crippen LogP contribution in [-0.4, -0.2) is 46.5 Å². The standard InChI is InChI=1S/C16H20N4O/c21-15-6-3-9-20(15)12-7-10-19(11-8-12)16-17-13-4-1-2-5-14(13)18-16/h1-2,4-5,12H,3,6-11H2,(H,17,18). The highest BCUT2D eigenvalue weighted by molar-refractivity contribution is 5.78. The van der Waals surface area contributed by atoms with Crippen molar-refractivity contribution in [2.24, 2.45) is 0 Å². The highest BCUT2D eigenvalue weighted by atomic mass is 16.2. The molecule has 0 radical (unpaired) electrons. The molecule has 2 saturated heterocycles. The van der Waals surface area contributed by atoms with Crippen LogP contribution >= 0.6 is 0 Å². The Hall–Kier alpha value is -2.04. The van der Waals surface area contributed by atoms with Crippen LogP contribution in [0.1, 0.15) is 25.7 Å². The maximum Gasteiger partial charge on any atom is 0.222 e. The molecule has 0 unspecified atom stereocenters. The molecule has 0 spiro atoms. The number of amides is 1. The Morgan fingerprint density at radius 3 is 2.67 bits per heavy atom. The van der Waals surface area contributed by atoms with E-state index in [0.717, 1.165) is 62.3 Å². The van der Waals surface area contributed by atoms with Crippen LogP contribution in [0.15, 0.2) is 24.3 Å². The number of anilines is 1. The number of benzene rings is 1. The van der Waals surface area contributed by atoms with Crippen LogP contribution in [0.2, 0.25) is 0 Å². The third-order valence-electron chi connectivity index (χ3n) is 4.69. The number of rotatable bonds is 2. The summed E-state index contributed by atoms with van der Waals surface area (Å²) in [6.07, 6.45) is 3.86. The number of hydrogen-bond donors (Lipinski definition) is 1. The number of nitrogens with zero attached hydrogens (tertiary/aromatic N) is 3. The molecule has 110 valence electrons. The molecular weight excluding hydrogens is 264 g/mol. The van der Waals surface area contributed by atoms with E-state index in [1.165, 1.54) is 0 Å². The highest BCUT2D eigenvalue weighted by Gasteiger charge is 2.31. The number of H-pyrrole nitrogens is 1. The minimum Gasteiger partial charge on any atom is -0.342 e.